The lowest BCUT2D eigenvalue weighted by atomic mass is 10.1. The zero-order chi connectivity index (χ0) is 24.3. The number of hydrogen-bond acceptors (Lipinski definition) is 9. The van der Waals surface area contributed by atoms with Gasteiger partial charge in [0.1, 0.15) is 30.0 Å². The summed E-state index contributed by atoms with van der Waals surface area (Å²) in [5.74, 6) is 1.20. The zero-order valence-corrected chi connectivity index (χ0v) is 20.2. The molecule has 0 bridgehead atoms. The summed E-state index contributed by atoms with van der Waals surface area (Å²) in [6.07, 6.45) is 7.18. The predicted molar refractivity (Wildman–Crippen MR) is 121 cm³/mol. The number of hydrogen-bond donors (Lipinski definition) is 0. The number of carbonyl (C=O) groups is 1. The van der Waals surface area contributed by atoms with E-state index in [1.54, 1.807) is 29.3 Å². The highest BCUT2D eigenvalue weighted by Crippen LogP contribution is 2.31. The Balaban J connectivity index is 1.32. The van der Waals surface area contributed by atoms with Gasteiger partial charge in [0, 0.05) is 12.1 Å². The molecule has 0 saturated carbocycles. The summed E-state index contributed by atoms with van der Waals surface area (Å²) >= 11 is 0. The van der Waals surface area contributed by atoms with Gasteiger partial charge in [-0.1, -0.05) is 0 Å². The number of likely N-dealkylation sites (tertiary alicyclic amines) is 1. The van der Waals surface area contributed by atoms with Gasteiger partial charge < -0.3 is 14.4 Å². The van der Waals surface area contributed by atoms with Gasteiger partial charge in [-0.05, 0) is 76.4 Å². The van der Waals surface area contributed by atoms with Crippen LogP contribution in [0.3, 0.4) is 0 Å². The molecule has 3 aromatic heterocycles. The van der Waals surface area contributed by atoms with Gasteiger partial charge in [-0.25, -0.2) is 9.78 Å². The molecule has 1 aliphatic heterocycles. The van der Waals surface area contributed by atoms with Gasteiger partial charge in [0.15, 0.2) is 5.82 Å². The largest absolute Gasteiger partial charge is 0.486 e. The van der Waals surface area contributed by atoms with Crippen molar-refractivity contribution >= 4 is 6.09 Å². The number of carbonyl (C=O) groups excluding carboxylic acids is 1. The van der Waals surface area contributed by atoms with Crippen molar-refractivity contribution in [3.05, 3.63) is 36.5 Å². The van der Waals surface area contributed by atoms with E-state index in [-0.39, 0.29) is 30.8 Å². The highest BCUT2D eigenvalue weighted by molar-refractivity contribution is 5.69. The van der Waals surface area contributed by atoms with E-state index in [1.807, 2.05) is 25.7 Å². The highest BCUT2D eigenvalue weighted by Gasteiger charge is 2.38. The molecule has 4 rings (SSSR count). The number of amides is 1. The van der Waals surface area contributed by atoms with Crippen molar-refractivity contribution in [2.24, 2.45) is 0 Å². The fraction of sp³-hybridized carbons (Fsp3) is 0.591. The Morgan fingerprint density at radius 3 is 2.74 bits per heavy atom. The lowest BCUT2D eigenvalue weighted by Gasteiger charge is -2.32. The van der Waals surface area contributed by atoms with Crippen molar-refractivity contribution in [2.75, 3.05) is 0 Å². The molecule has 12 nitrogen and oxygen atoms in total. The van der Waals surface area contributed by atoms with Crippen LogP contribution >= 0.6 is 0 Å². The van der Waals surface area contributed by atoms with Crippen LogP contribution in [0.25, 0.3) is 5.82 Å². The van der Waals surface area contributed by atoms with Gasteiger partial charge in [0.25, 0.3) is 0 Å². The first-order valence-corrected chi connectivity index (χ1v) is 11.4. The first kappa shape index (κ1) is 23.6. The molecule has 0 radical (unpaired) electrons. The second kappa shape index (κ2) is 9.74. The molecule has 0 aromatic carbocycles. The number of pyridine rings is 1. The van der Waals surface area contributed by atoms with Gasteiger partial charge in [-0.3, -0.25) is 0 Å². The molecule has 12 heteroatoms. The van der Waals surface area contributed by atoms with E-state index in [0.29, 0.717) is 17.3 Å². The van der Waals surface area contributed by atoms with Crippen molar-refractivity contribution in [3.63, 3.8) is 0 Å². The van der Waals surface area contributed by atoms with Gasteiger partial charge in [0.05, 0.1) is 18.4 Å². The van der Waals surface area contributed by atoms with Gasteiger partial charge in [-0.15, -0.1) is 5.10 Å². The number of tetrazole rings is 1. The second-order valence-corrected chi connectivity index (χ2v) is 9.60. The molecule has 182 valence electrons. The van der Waals surface area contributed by atoms with Crippen LogP contribution in [-0.4, -0.2) is 68.9 Å². The first-order valence-electron chi connectivity index (χ1n) is 11.4. The molecule has 0 spiro atoms. The maximum atomic E-state index is 12.7. The summed E-state index contributed by atoms with van der Waals surface area (Å²) in [6, 6.07) is 3.83. The van der Waals surface area contributed by atoms with Crippen LogP contribution in [0, 0.1) is 0 Å². The summed E-state index contributed by atoms with van der Waals surface area (Å²) in [6.45, 7) is 10.1. The zero-order valence-electron chi connectivity index (χ0n) is 20.2. The Morgan fingerprint density at radius 2 is 2.06 bits per heavy atom. The van der Waals surface area contributed by atoms with Gasteiger partial charge in [-0.2, -0.15) is 19.7 Å². The maximum absolute atomic E-state index is 12.7. The average Bonchev–Trinajstić information content (AvgIpc) is 3.53. The SMILES string of the molecule is CC1CCC(CC(C)n2ncc(COc3ccc(-n4cnnn4)nc3)n2)N1C(=O)OC(C)(C)C. The third-order valence-corrected chi connectivity index (χ3v) is 5.64. The molecule has 0 aliphatic carbocycles. The fourth-order valence-electron chi connectivity index (χ4n) is 4.04. The minimum absolute atomic E-state index is 0.0197. The van der Waals surface area contributed by atoms with Crippen LogP contribution in [-0.2, 0) is 11.3 Å². The average molecular weight is 470 g/mol. The van der Waals surface area contributed by atoms with E-state index in [1.165, 1.54) is 11.0 Å². The molecule has 34 heavy (non-hydrogen) atoms. The van der Waals surface area contributed by atoms with Crippen molar-refractivity contribution in [1.82, 2.24) is 45.1 Å². The smallest absolute Gasteiger partial charge is 0.410 e. The molecule has 3 unspecified atom stereocenters. The minimum atomic E-state index is -0.516. The molecule has 4 heterocycles. The van der Waals surface area contributed by atoms with Gasteiger partial charge >= 0.3 is 6.09 Å². The van der Waals surface area contributed by atoms with E-state index in [2.05, 4.69) is 44.6 Å². The summed E-state index contributed by atoms with van der Waals surface area (Å²) < 4.78 is 12.9. The van der Waals surface area contributed by atoms with Crippen molar-refractivity contribution < 1.29 is 14.3 Å². The van der Waals surface area contributed by atoms with E-state index in [9.17, 15) is 4.79 Å². The Kier molecular flexibility index (Phi) is 6.75. The Morgan fingerprint density at radius 1 is 1.24 bits per heavy atom. The molecule has 1 saturated heterocycles. The van der Waals surface area contributed by atoms with Crippen molar-refractivity contribution in [3.8, 4) is 11.6 Å². The minimum Gasteiger partial charge on any atom is -0.486 e. The first-order chi connectivity index (χ1) is 16.2. The highest BCUT2D eigenvalue weighted by atomic mass is 16.6. The van der Waals surface area contributed by atoms with E-state index < -0.39 is 5.60 Å². The molecule has 1 fully saturated rings. The monoisotopic (exact) mass is 469 g/mol. The van der Waals surface area contributed by atoms with E-state index in [0.717, 1.165) is 19.3 Å². The maximum Gasteiger partial charge on any atom is 0.410 e. The Labute approximate surface area is 198 Å². The normalized spacial score (nSPS) is 19.3. The molecular weight excluding hydrogens is 438 g/mol. The Bertz CT molecular complexity index is 1080. The topological polar surface area (TPSA) is 126 Å². The number of ether oxygens (including phenoxy) is 2. The summed E-state index contributed by atoms with van der Waals surface area (Å²) in [5, 5.41) is 20.0. The lowest BCUT2D eigenvalue weighted by molar-refractivity contribution is 0.0141. The molecular formula is C22H31N9O3. The third-order valence-electron chi connectivity index (χ3n) is 5.64. The molecule has 3 aromatic rings. The van der Waals surface area contributed by atoms with Crippen molar-refractivity contribution in [2.45, 2.75) is 84.2 Å². The molecule has 3 atom stereocenters. The van der Waals surface area contributed by atoms with Crippen molar-refractivity contribution in [1.29, 1.82) is 0 Å². The number of rotatable bonds is 7. The van der Waals surface area contributed by atoms with E-state index in [4.69, 9.17) is 9.47 Å². The standard InChI is InChI=1S/C22H31N9O3/c1-15-6-7-18(30(15)21(32)34-22(3,4)5)10-16(2)31-25-11-17(26-31)13-33-19-8-9-20(23-12-19)29-14-24-27-28-29/h8-9,11-12,14-16,18H,6-7,10,13H2,1-5H3. The van der Waals surface area contributed by atoms with Crippen LogP contribution in [0.2, 0.25) is 0 Å². The summed E-state index contributed by atoms with van der Waals surface area (Å²) in [4.78, 5) is 20.6. The summed E-state index contributed by atoms with van der Waals surface area (Å²) in [7, 11) is 0. The van der Waals surface area contributed by atoms with Crippen LogP contribution < -0.4 is 4.74 Å². The van der Waals surface area contributed by atoms with Gasteiger partial charge in [0.2, 0.25) is 0 Å². The number of aromatic nitrogens is 8. The predicted octanol–water partition coefficient (Wildman–Crippen LogP) is 2.97. The third kappa shape index (κ3) is 5.67. The van der Waals surface area contributed by atoms with Crippen LogP contribution in [0.5, 0.6) is 5.75 Å². The van der Waals surface area contributed by atoms with Crippen LogP contribution in [0.4, 0.5) is 4.79 Å². The number of nitrogens with zero attached hydrogens (tertiary/aromatic N) is 9. The fourth-order valence-corrected chi connectivity index (χ4v) is 4.04. The second-order valence-electron chi connectivity index (χ2n) is 9.60. The quantitative estimate of drug-likeness (QED) is 0.513. The van der Waals surface area contributed by atoms with E-state index >= 15 is 0 Å². The lowest BCUT2D eigenvalue weighted by Crippen LogP contribution is -2.44. The molecule has 0 N–H and O–H groups in total. The molecule has 1 aliphatic rings. The summed E-state index contributed by atoms with van der Waals surface area (Å²) in [5.41, 5.74) is 0.192. The van der Waals surface area contributed by atoms with Crippen LogP contribution in [0.1, 0.15) is 65.6 Å². The van der Waals surface area contributed by atoms with Crippen LogP contribution in [0.15, 0.2) is 30.9 Å². The molecule has 1 amide bonds. The Hall–Kier alpha value is -3.57.